The van der Waals surface area contributed by atoms with Gasteiger partial charge in [0.1, 0.15) is 0 Å². The topological polar surface area (TPSA) is 135 Å². The van der Waals surface area contributed by atoms with Gasteiger partial charge in [-0.3, -0.25) is 18.7 Å². The van der Waals surface area contributed by atoms with Crippen molar-refractivity contribution in [3.8, 4) is 0 Å². The molecule has 15 heteroatoms. The Morgan fingerprint density at radius 3 is 2.11 bits per heavy atom. The molecule has 3 aromatic rings. The van der Waals surface area contributed by atoms with E-state index in [9.17, 15) is 27.6 Å². The smallest absolute Gasteiger partial charge is 0.475 e. The van der Waals surface area contributed by atoms with E-state index in [1.54, 1.807) is 19.2 Å². The summed E-state index contributed by atoms with van der Waals surface area (Å²) in [5.74, 6) is -2.36. The summed E-state index contributed by atoms with van der Waals surface area (Å²) in [7, 11) is 1.61. The van der Waals surface area contributed by atoms with Gasteiger partial charge in [0, 0.05) is 64.1 Å². The van der Waals surface area contributed by atoms with Gasteiger partial charge in [-0.15, -0.1) is 0 Å². The van der Waals surface area contributed by atoms with Gasteiger partial charge in [-0.2, -0.15) is 18.2 Å². The molecule has 0 spiro atoms. The minimum atomic E-state index is -5.08. The first-order valence-electron chi connectivity index (χ1n) is 14.3. The summed E-state index contributed by atoms with van der Waals surface area (Å²) in [6.45, 7) is 9.35. The van der Waals surface area contributed by atoms with E-state index in [-0.39, 0.29) is 12.3 Å². The number of nitrogens with zero attached hydrogens (tertiary/aromatic N) is 6. The van der Waals surface area contributed by atoms with Crippen molar-refractivity contribution in [1.82, 2.24) is 24.0 Å². The number of imidazole rings is 1. The normalized spacial score (nSPS) is 15.2. The van der Waals surface area contributed by atoms with E-state index in [0.29, 0.717) is 29.2 Å². The third-order valence-corrected chi connectivity index (χ3v) is 7.50. The zero-order valence-electron chi connectivity index (χ0n) is 24.9. The van der Waals surface area contributed by atoms with Crippen molar-refractivity contribution < 1.29 is 27.9 Å². The van der Waals surface area contributed by atoms with Gasteiger partial charge in [0.15, 0.2) is 16.9 Å². The number of carboxylic acid groups (broad SMARTS) is 1. The molecule has 5 rings (SSSR count). The molecule has 0 radical (unpaired) electrons. The molecule has 0 saturated carbocycles. The molecule has 44 heavy (non-hydrogen) atoms. The number of benzene rings is 1. The predicted octanol–water partition coefficient (Wildman–Crippen LogP) is 2.39. The maximum Gasteiger partial charge on any atom is 0.490 e. The van der Waals surface area contributed by atoms with E-state index in [1.165, 1.54) is 17.4 Å². The molecule has 2 N–H and O–H groups in total. The summed E-state index contributed by atoms with van der Waals surface area (Å²) in [5.41, 5.74) is 2.33. The summed E-state index contributed by atoms with van der Waals surface area (Å²) in [4.78, 5) is 58.2. The molecule has 1 aromatic carbocycles. The number of hydrogen-bond acceptors (Lipinski definition) is 8. The fourth-order valence-corrected chi connectivity index (χ4v) is 5.12. The summed E-state index contributed by atoms with van der Waals surface area (Å²) < 4.78 is 36.0. The number of fused-ring (bicyclic) bond motifs is 1. The number of rotatable bonds is 7. The van der Waals surface area contributed by atoms with Crippen LogP contribution in [0.5, 0.6) is 0 Å². The van der Waals surface area contributed by atoms with Gasteiger partial charge in [-0.05, 0) is 51.0 Å². The van der Waals surface area contributed by atoms with Gasteiger partial charge in [-0.1, -0.05) is 11.6 Å². The van der Waals surface area contributed by atoms with Crippen LogP contribution in [-0.2, 0) is 24.9 Å². The number of ketones is 1. The summed E-state index contributed by atoms with van der Waals surface area (Å²) in [6.07, 6.45) is -0.694. The van der Waals surface area contributed by atoms with Gasteiger partial charge in [0.05, 0.1) is 6.54 Å². The fourth-order valence-electron chi connectivity index (χ4n) is 5.12. The number of aryl methyl sites for hydroxylation is 1. The highest BCUT2D eigenvalue weighted by atomic mass is 19.4. The van der Waals surface area contributed by atoms with Gasteiger partial charge in [-0.25, -0.2) is 9.59 Å². The van der Waals surface area contributed by atoms with Crippen LogP contribution < -0.4 is 26.4 Å². The highest BCUT2D eigenvalue weighted by Crippen LogP contribution is 2.22. The van der Waals surface area contributed by atoms with Crippen molar-refractivity contribution in [2.45, 2.75) is 46.0 Å². The first-order valence-corrected chi connectivity index (χ1v) is 14.3. The van der Waals surface area contributed by atoms with Gasteiger partial charge >= 0.3 is 17.8 Å². The standard InChI is InChI=1S/C27H35N7O3.C2HF3O2/c1-19(2)10-15-33-23-24(29-26(33)32-16-11-28-12-17-32)30(3)27(37)34(25(23)36)18-22(35)20-6-8-21(9-7-20)31-13-4-5-14-31;3-2(4,5)1(6)7/h6-10,28H,4-5,11-18H2,1-3H3;(H,6,7). The summed E-state index contributed by atoms with van der Waals surface area (Å²) in [6, 6.07) is 7.45. The van der Waals surface area contributed by atoms with E-state index in [1.807, 2.05) is 36.6 Å². The van der Waals surface area contributed by atoms with Gasteiger partial charge < -0.3 is 24.8 Å². The number of hydrogen-bond donors (Lipinski definition) is 2. The molecule has 4 heterocycles. The average molecular weight is 620 g/mol. The lowest BCUT2D eigenvalue weighted by molar-refractivity contribution is -0.192. The summed E-state index contributed by atoms with van der Waals surface area (Å²) >= 11 is 0. The maximum atomic E-state index is 13.7. The number of nitrogens with one attached hydrogen (secondary N) is 1. The number of Topliss-reactive ketones (excluding diaryl/α,β-unsaturated/α-hetero) is 1. The molecule has 0 atom stereocenters. The number of piperazine rings is 1. The Morgan fingerprint density at radius 2 is 1.57 bits per heavy atom. The largest absolute Gasteiger partial charge is 0.490 e. The van der Waals surface area contributed by atoms with Crippen molar-refractivity contribution in [3.05, 3.63) is 62.3 Å². The monoisotopic (exact) mass is 619 g/mol. The fraction of sp³-hybridized carbons (Fsp3) is 0.483. The number of aromatic nitrogens is 4. The Labute approximate surface area is 251 Å². The van der Waals surface area contributed by atoms with Crippen molar-refractivity contribution in [2.75, 3.05) is 49.1 Å². The number of carboxylic acids is 1. The number of anilines is 2. The molecular formula is C29H36F3N7O5. The zero-order valence-corrected chi connectivity index (χ0v) is 24.9. The predicted molar refractivity (Wildman–Crippen MR) is 160 cm³/mol. The first-order chi connectivity index (χ1) is 20.8. The van der Waals surface area contributed by atoms with Crippen LogP contribution in [-0.4, -0.2) is 81.0 Å². The molecule has 2 aliphatic rings. The second-order valence-electron chi connectivity index (χ2n) is 10.9. The van der Waals surface area contributed by atoms with Crippen molar-refractivity contribution in [1.29, 1.82) is 0 Å². The minimum Gasteiger partial charge on any atom is -0.475 e. The SMILES string of the molecule is CC(C)=CCn1c(N2CCNCC2)nc2c1c(=O)n(CC(=O)c1ccc(N3CCCC3)cc1)c(=O)n2C.O=C(O)C(F)(F)F. The Kier molecular flexibility index (Phi) is 9.97. The van der Waals surface area contributed by atoms with Crippen molar-refractivity contribution in [2.24, 2.45) is 7.05 Å². The lowest BCUT2D eigenvalue weighted by Crippen LogP contribution is -2.44. The Bertz CT molecular complexity index is 1660. The third-order valence-electron chi connectivity index (χ3n) is 7.50. The molecule has 238 valence electrons. The maximum absolute atomic E-state index is 13.7. The first kappa shape index (κ1) is 32.5. The highest BCUT2D eigenvalue weighted by Gasteiger charge is 2.38. The lowest BCUT2D eigenvalue weighted by atomic mass is 10.1. The highest BCUT2D eigenvalue weighted by molar-refractivity contribution is 5.96. The van der Waals surface area contributed by atoms with E-state index in [0.717, 1.165) is 55.1 Å². The molecule has 2 aliphatic heterocycles. The lowest BCUT2D eigenvalue weighted by Gasteiger charge is -2.28. The molecule has 0 bridgehead atoms. The molecule has 0 amide bonds. The Balaban J connectivity index is 0.000000566. The van der Waals surface area contributed by atoms with Crippen LogP contribution in [0.2, 0.25) is 0 Å². The van der Waals surface area contributed by atoms with Crippen molar-refractivity contribution >= 4 is 34.6 Å². The van der Waals surface area contributed by atoms with Crippen LogP contribution in [0.4, 0.5) is 24.8 Å². The Morgan fingerprint density at radius 1 is 0.977 bits per heavy atom. The van der Waals surface area contributed by atoms with Gasteiger partial charge in [0.2, 0.25) is 5.95 Å². The number of halogens is 3. The number of carbonyl (C=O) groups is 2. The van der Waals surface area contributed by atoms with Crippen LogP contribution in [0, 0.1) is 0 Å². The number of aliphatic carboxylic acids is 1. The quantitative estimate of drug-likeness (QED) is 0.302. The van der Waals surface area contributed by atoms with Crippen LogP contribution in [0.1, 0.15) is 37.0 Å². The molecule has 2 fully saturated rings. The molecule has 2 aromatic heterocycles. The van der Waals surface area contributed by atoms with E-state index in [4.69, 9.17) is 14.9 Å². The third kappa shape index (κ3) is 7.21. The number of carbonyl (C=O) groups excluding carboxylic acids is 1. The molecule has 0 unspecified atom stereocenters. The van der Waals surface area contributed by atoms with Crippen molar-refractivity contribution in [3.63, 3.8) is 0 Å². The second kappa shape index (κ2) is 13.5. The molecule has 12 nitrogen and oxygen atoms in total. The number of allylic oxidation sites excluding steroid dienone is 2. The Hall–Kier alpha value is -4.40. The minimum absolute atomic E-state index is 0.274. The van der Waals surface area contributed by atoms with E-state index < -0.39 is 23.4 Å². The molecule has 2 saturated heterocycles. The van der Waals surface area contributed by atoms with Crippen LogP contribution in [0.25, 0.3) is 11.2 Å². The van der Waals surface area contributed by atoms with E-state index >= 15 is 0 Å². The zero-order chi connectivity index (χ0) is 32.2. The van der Waals surface area contributed by atoms with Crippen LogP contribution in [0.15, 0.2) is 45.5 Å². The van der Waals surface area contributed by atoms with E-state index in [2.05, 4.69) is 15.1 Å². The molecular weight excluding hydrogens is 583 g/mol. The van der Waals surface area contributed by atoms with Crippen LogP contribution >= 0.6 is 0 Å². The average Bonchev–Trinajstić information content (AvgIpc) is 3.66. The number of alkyl halides is 3. The summed E-state index contributed by atoms with van der Waals surface area (Å²) in [5, 5.41) is 10.5. The van der Waals surface area contributed by atoms with Gasteiger partial charge in [0.25, 0.3) is 5.56 Å². The molecule has 0 aliphatic carbocycles. The van der Waals surface area contributed by atoms with Crippen LogP contribution in [0.3, 0.4) is 0 Å². The second-order valence-corrected chi connectivity index (χ2v) is 10.9.